The van der Waals surface area contributed by atoms with Crippen molar-refractivity contribution in [1.82, 2.24) is 5.16 Å². The molecule has 6 nitrogen and oxygen atoms in total. The van der Waals surface area contributed by atoms with E-state index in [0.717, 1.165) is 11.4 Å². The number of rotatable bonds is 4. The summed E-state index contributed by atoms with van der Waals surface area (Å²) >= 11 is 0. The SMILES string of the molecule is CC(C)(C)c1cc(N(C(N)=O)c2ccc(Oc3ccccc3)cc2)on1. The maximum absolute atomic E-state index is 12.0. The summed E-state index contributed by atoms with van der Waals surface area (Å²) in [6.45, 7) is 6.04. The molecule has 0 radical (unpaired) electrons. The van der Waals surface area contributed by atoms with Gasteiger partial charge in [0.1, 0.15) is 11.5 Å². The van der Waals surface area contributed by atoms with Crippen LogP contribution in [0.5, 0.6) is 11.5 Å². The Balaban J connectivity index is 1.85. The summed E-state index contributed by atoms with van der Waals surface area (Å²) in [6, 6.07) is 17.5. The minimum Gasteiger partial charge on any atom is -0.457 e. The fourth-order valence-corrected chi connectivity index (χ4v) is 2.38. The molecule has 0 saturated heterocycles. The lowest BCUT2D eigenvalue weighted by atomic mass is 9.92. The predicted molar refractivity (Wildman–Crippen MR) is 99.9 cm³/mol. The van der Waals surface area contributed by atoms with Crippen LogP contribution >= 0.6 is 0 Å². The van der Waals surface area contributed by atoms with Gasteiger partial charge in [0.2, 0.25) is 5.88 Å². The quantitative estimate of drug-likeness (QED) is 0.718. The highest BCUT2D eigenvalue weighted by Crippen LogP contribution is 2.31. The summed E-state index contributed by atoms with van der Waals surface area (Å²) in [5.41, 5.74) is 6.66. The highest BCUT2D eigenvalue weighted by atomic mass is 16.5. The fraction of sp³-hybridized carbons (Fsp3) is 0.200. The average Bonchev–Trinajstić information content (AvgIpc) is 3.07. The number of anilines is 2. The number of primary amides is 1. The number of para-hydroxylation sites is 1. The molecule has 0 unspecified atom stereocenters. The van der Waals surface area contributed by atoms with Crippen LogP contribution in [-0.2, 0) is 5.41 Å². The lowest BCUT2D eigenvalue weighted by Gasteiger charge is -2.17. The molecule has 1 heterocycles. The lowest BCUT2D eigenvalue weighted by Crippen LogP contribution is -2.31. The van der Waals surface area contributed by atoms with Crippen molar-refractivity contribution >= 4 is 17.6 Å². The number of carbonyl (C=O) groups excluding carboxylic acids is 1. The van der Waals surface area contributed by atoms with E-state index in [1.807, 2.05) is 51.1 Å². The fourth-order valence-electron chi connectivity index (χ4n) is 2.38. The summed E-state index contributed by atoms with van der Waals surface area (Å²) in [5, 5.41) is 4.04. The van der Waals surface area contributed by atoms with Crippen LogP contribution in [0.4, 0.5) is 16.4 Å². The molecule has 3 aromatic rings. The molecule has 2 amide bonds. The number of aromatic nitrogens is 1. The first-order chi connectivity index (χ1) is 12.3. The summed E-state index contributed by atoms with van der Waals surface area (Å²) in [5.74, 6) is 1.66. The molecule has 2 N–H and O–H groups in total. The van der Waals surface area contributed by atoms with E-state index in [0.29, 0.717) is 11.4 Å². The van der Waals surface area contributed by atoms with E-state index in [1.54, 1.807) is 30.3 Å². The number of nitrogens with zero attached hydrogens (tertiary/aromatic N) is 2. The number of amides is 2. The number of ether oxygens (including phenoxy) is 1. The number of urea groups is 1. The van der Waals surface area contributed by atoms with E-state index in [1.165, 1.54) is 4.90 Å². The van der Waals surface area contributed by atoms with Gasteiger partial charge in [-0.1, -0.05) is 44.1 Å². The maximum Gasteiger partial charge on any atom is 0.326 e. The van der Waals surface area contributed by atoms with Gasteiger partial charge in [-0.05, 0) is 36.4 Å². The second kappa shape index (κ2) is 6.92. The Bertz CT molecular complexity index is 881. The standard InChI is InChI=1S/C20H21N3O3/c1-20(2,3)17-13-18(26-22-17)23(19(21)24)14-9-11-16(12-10-14)25-15-7-5-4-6-8-15/h4-13H,1-3H3,(H2,21,24). The van der Waals surface area contributed by atoms with Gasteiger partial charge in [-0.15, -0.1) is 0 Å². The van der Waals surface area contributed by atoms with Crippen LogP contribution in [0, 0.1) is 0 Å². The van der Waals surface area contributed by atoms with Gasteiger partial charge in [-0.25, -0.2) is 9.69 Å². The average molecular weight is 351 g/mol. The molecule has 0 aliphatic heterocycles. The van der Waals surface area contributed by atoms with Crippen molar-refractivity contribution in [3.63, 3.8) is 0 Å². The van der Waals surface area contributed by atoms with Gasteiger partial charge in [0.25, 0.3) is 0 Å². The summed E-state index contributed by atoms with van der Waals surface area (Å²) in [6.07, 6.45) is 0. The van der Waals surface area contributed by atoms with Crippen LogP contribution in [0.1, 0.15) is 26.5 Å². The van der Waals surface area contributed by atoms with Crippen molar-refractivity contribution in [3.8, 4) is 11.5 Å². The number of hydrogen-bond acceptors (Lipinski definition) is 4. The van der Waals surface area contributed by atoms with Crippen LogP contribution in [0.2, 0.25) is 0 Å². The maximum atomic E-state index is 12.0. The Morgan fingerprint density at radius 1 is 1.04 bits per heavy atom. The second-order valence-corrected chi connectivity index (χ2v) is 6.88. The molecule has 26 heavy (non-hydrogen) atoms. The largest absolute Gasteiger partial charge is 0.457 e. The van der Waals surface area contributed by atoms with Gasteiger partial charge in [0.05, 0.1) is 11.4 Å². The molecule has 0 atom stereocenters. The first kappa shape index (κ1) is 17.5. The zero-order chi connectivity index (χ0) is 18.7. The van der Waals surface area contributed by atoms with Crippen LogP contribution in [-0.4, -0.2) is 11.2 Å². The smallest absolute Gasteiger partial charge is 0.326 e. The molecule has 0 aliphatic rings. The van der Waals surface area contributed by atoms with E-state index in [-0.39, 0.29) is 11.3 Å². The Hall–Kier alpha value is -3.28. The molecular formula is C20H21N3O3. The third-order valence-electron chi connectivity index (χ3n) is 3.78. The predicted octanol–water partition coefficient (Wildman–Crippen LogP) is 4.98. The van der Waals surface area contributed by atoms with Gasteiger partial charge >= 0.3 is 6.03 Å². The van der Waals surface area contributed by atoms with Crippen molar-refractivity contribution in [2.75, 3.05) is 4.90 Å². The minimum absolute atomic E-state index is 0.196. The molecular weight excluding hydrogens is 330 g/mol. The molecule has 1 aromatic heterocycles. The zero-order valence-corrected chi connectivity index (χ0v) is 15.0. The van der Waals surface area contributed by atoms with E-state index in [4.69, 9.17) is 15.0 Å². The number of benzene rings is 2. The Morgan fingerprint density at radius 2 is 1.65 bits per heavy atom. The van der Waals surface area contributed by atoms with Crippen LogP contribution in [0.3, 0.4) is 0 Å². The number of nitrogens with two attached hydrogens (primary N) is 1. The van der Waals surface area contributed by atoms with Crippen LogP contribution < -0.4 is 15.4 Å². The third kappa shape index (κ3) is 3.85. The van der Waals surface area contributed by atoms with E-state index in [9.17, 15) is 4.79 Å². The van der Waals surface area contributed by atoms with Crippen molar-refractivity contribution in [2.24, 2.45) is 5.73 Å². The third-order valence-corrected chi connectivity index (χ3v) is 3.78. The Kier molecular flexibility index (Phi) is 4.67. The summed E-state index contributed by atoms with van der Waals surface area (Å²) in [4.78, 5) is 13.2. The highest BCUT2D eigenvalue weighted by molar-refractivity contribution is 5.97. The molecule has 0 spiro atoms. The van der Waals surface area contributed by atoms with E-state index >= 15 is 0 Å². The topological polar surface area (TPSA) is 81.6 Å². The van der Waals surface area contributed by atoms with Gasteiger partial charge in [-0.3, -0.25) is 0 Å². The van der Waals surface area contributed by atoms with Crippen LogP contribution in [0.15, 0.2) is 65.2 Å². The monoisotopic (exact) mass is 351 g/mol. The van der Waals surface area contributed by atoms with Crippen molar-refractivity contribution in [3.05, 3.63) is 66.4 Å². The normalized spacial score (nSPS) is 11.2. The highest BCUT2D eigenvalue weighted by Gasteiger charge is 2.24. The molecule has 0 fully saturated rings. The summed E-state index contributed by atoms with van der Waals surface area (Å²) in [7, 11) is 0. The Morgan fingerprint density at radius 3 is 2.19 bits per heavy atom. The second-order valence-electron chi connectivity index (χ2n) is 6.88. The Labute approximate surface area is 152 Å². The molecule has 0 bridgehead atoms. The first-order valence-corrected chi connectivity index (χ1v) is 8.24. The number of hydrogen-bond donors (Lipinski definition) is 1. The van der Waals surface area contributed by atoms with Crippen molar-refractivity contribution < 1.29 is 14.1 Å². The molecule has 0 saturated carbocycles. The van der Waals surface area contributed by atoms with Gasteiger partial charge in [0.15, 0.2) is 0 Å². The minimum atomic E-state index is -0.654. The molecule has 134 valence electrons. The first-order valence-electron chi connectivity index (χ1n) is 8.24. The summed E-state index contributed by atoms with van der Waals surface area (Å²) < 4.78 is 11.1. The van der Waals surface area contributed by atoms with Gasteiger partial charge in [0, 0.05) is 11.5 Å². The molecule has 3 rings (SSSR count). The zero-order valence-electron chi connectivity index (χ0n) is 15.0. The lowest BCUT2D eigenvalue weighted by molar-refractivity contribution is 0.254. The number of carbonyl (C=O) groups is 1. The molecule has 6 heteroatoms. The van der Waals surface area contributed by atoms with E-state index < -0.39 is 6.03 Å². The van der Waals surface area contributed by atoms with Crippen LogP contribution in [0.25, 0.3) is 0 Å². The van der Waals surface area contributed by atoms with Gasteiger partial charge < -0.3 is 15.0 Å². The molecule has 2 aromatic carbocycles. The van der Waals surface area contributed by atoms with Gasteiger partial charge in [-0.2, -0.15) is 0 Å². The van der Waals surface area contributed by atoms with Crippen molar-refractivity contribution in [1.29, 1.82) is 0 Å². The van der Waals surface area contributed by atoms with E-state index in [2.05, 4.69) is 5.16 Å². The molecule has 0 aliphatic carbocycles. The van der Waals surface area contributed by atoms with Crippen molar-refractivity contribution in [2.45, 2.75) is 26.2 Å².